The highest BCUT2D eigenvalue weighted by Crippen LogP contribution is 2.25. The third-order valence-corrected chi connectivity index (χ3v) is 3.76. The van der Waals surface area contributed by atoms with Crippen LogP contribution in [0.4, 0.5) is 5.69 Å². The lowest BCUT2D eigenvalue weighted by atomic mass is 10.3. The molecule has 0 fully saturated rings. The number of sulfonamides is 1. The molecule has 106 valence electrons. The van der Waals surface area contributed by atoms with Gasteiger partial charge in [0.2, 0.25) is 10.0 Å². The molecule has 0 aliphatic heterocycles. The van der Waals surface area contributed by atoms with Gasteiger partial charge in [0, 0.05) is 0 Å². The van der Waals surface area contributed by atoms with Gasteiger partial charge in [-0.2, -0.15) is 0 Å². The number of nitrogens with two attached hydrogens (primary N) is 1. The molecule has 0 spiro atoms. The smallest absolute Gasteiger partial charge is 0.291 e. The molecule has 1 heterocycles. The number of primary sulfonamides is 1. The maximum Gasteiger partial charge on any atom is 0.291 e. The second-order valence-corrected chi connectivity index (χ2v) is 6.09. The number of nitrogens with one attached hydrogen (secondary N) is 1. The molecule has 20 heavy (non-hydrogen) atoms. The molecule has 0 unspecified atom stereocenters. The maximum atomic E-state index is 11.8. The molecular weight excluding hydrogens is 327 g/mol. The Morgan fingerprint density at radius 2 is 1.90 bits per heavy atom. The van der Waals surface area contributed by atoms with E-state index in [0.717, 1.165) is 6.07 Å². The Labute approximate surface area is 124 Å². The van der Waals surface area contributed by atoms with Crippen molar-refractivity contribution < 1.29 is 17.6 Å². The van der Waals surface area contributed by atoms with Gasteiger partial charge in [-0.05, 0) is 41.9 Å². The molecule has 2 aromatic rings. The number of hydrogen-bond acceptors (Lipinski definition) is 4. The first-order valence-corrected chi connectivity index (χ1v) is 7.46. The quantitative estimate of drug-likeness (QED) is 0.899. The van der Waals surface area contributed by atoms with E-state index in [4.69, 9.17) is 32.8 Å². The Balaban J connectivity index is 2.31. The highest BCUT2D eigenvalue weighted by atomic mass is 35.5. The Bertz CT molecular complexity index is 770. The van der Waals surface area contributed by atoms with Crippen LogP contribution >= 0.6 is 23.2 Å². The van der Waals surface area contributed by atoms with Gasteiger partial charge in [0.1, 0.15) is 0 Å². The number of benzene rings is 1. The minimum atomic E-state index is -3.89. The fourth-order valence-electron chi connectivity index (χ4n) is 1.40. The minimum absolute atomic E-state index is 0.0351. The second-order valence-electron chi connectivity index (χ2n) is 3.74. The second kappa shape index (κ2) is 5.45. The van der Waals surface area contributed by atoms with E-state index in [-0.39, 0.29) is 26.6 Å². The Kier molecular flexibility index (Phi) is 4.05. The zero-order valence-electron chi connectivity index (χ0n) is 9.76. The van der Waals surface area contributed by atoms with Crippen molar-refractivity contribution in [2.24, 2.45) is 5.14 Å². The van der Waals surface area contributed by atoms with Gasteiger partial charge < -0.3 is 9.73 Å². The van der Waals surface area contributed by atoms with Crippen molar-refractivity contribution >= 4 is 44.8 Å². The van der Waals surface area contributed by atoms with E-state index in [2.05, 4.69) is 5.32 Å². The molecule has 9 heteroatoms. The predicted octanol–water partition coefficient (Wildman–Crippen LogP) is 2.49. The normalized spacial score (nSPS) is 11.3. The van der Waals surface area contributed by atoms with Crippen molar-refractivity contribution in [3.63, 3.8) is 0 Å². The van der Waals surface area contributed by atoms with Gasteiger partial charge in [-0.3, -0.25) is 4.79 Å². The van der Waals surface area contributed by atoms with Crippen LogP contribution < -0.4 is 10.5 Å². The van der Waals surface area contributed by atoms with Gasteiger partial charge in [0.25, 0.3) is 5.91 Å². The van der Waals surface area contributed by atoms with Crippen molar-refractivity contribution in [2.75, 3.05) is 5.32 Å². The molecule has 1 amide bonds. The zero-order valence-corrected chi connectivity index (χ0v) is 12.1. The number of furan rings is 1. The van der Waals surface area contributed by atoms with Gasteiger partial charge in [-0.25, -0.2) is 13.6 Å². The van der Waals surface area contributed by atoms with E-state index in [0.29, 0.717) is 0 Å². The predicted molar refractivity (Wildman–Crippen MR) is 74.5 cm³/mol. The molecule has 0 bridgehead atoms. The lowest BCUT2D eigenvalue weighted by Crippen LogP contribution is -2.14. The summed E-state index contributed by atoms with van der Waals surface area (Å²) in [5.74, 6) is -0.655. The molecule has 0 aliphatic rings. The molecule has 2 rings (SSSR count). The van der Waals surface area contributed by atoms with Crippen LogP contribution in [-0.4, -0.2) is 14.3 Å². The summed E-state index contributed by atoms with van der Waals surface area (Å²) in [6, 6.07) is 6.47. The first-order chi connectivity index (χ1) is 9.27. The van der Waals surface area contributed by atoms with Crippen molar-refractivity contribution in [1.82, 2.24) is 0 Å². The number of carbonyl (C=O) groups excluding carboxylic acids is 1. The zero-order chi connectivity index (χ0) is 14.9. The first-order valence-electron chi connectivity index (χ1n) is 5.16. The van der Waals surface area contributed by atoms with Crippen LogP contribution in [0.5, 0.6) is 0 Å². The van der Waals surface area contributed by atoms with Gasteiger partial charge in [0.15, 0.2) is 11.0 Å². The summed E-state index contributed by atoms with van der Waals surface area (Å²) < 4.78 is 27.4. The van der Waals surface area contributed by atoms with E-state index in [1.54, 1.807) is 0 Å². The van der Waals surface area contributed by atoms with E-state index < -0.39 is 15.9 Å². The summed E-state index contributed by atoms with van der Waals surface area (Å²) in [5.41, 5.74) is 0.0933. The van der Waals surface area contributed by atoms with Crippen molar-refractivity contribution in [1.29, 1.82) is 0 Å². The number of rotatable bonds is 3. The molecular formula is C11H8Cl2N2O4S. The fourth-order valence-corrected chi connectivity index (χ4v) is 2.25. The monoisotopic (exact) mass is 334 g/mol. The van der Waals surface area contributed by atoms with Crippen LogP contribution in [-0.2, 0) is 10.0 Å². The summed E-state index contributed by atoms with van der Waals surface area (Å²) in [6.07, 6.45) is 0. The van der Waals surface area contributed by atoms with Crippen molar-refractivity contribution in [3.05, 3.63) is 46.3 Å². The number of hydrogen-bond donors (Lipinski definition) is 2. The summed E-state index contributed by atoms with van der Waals surface area (Å²) in [6.45, 7) is 0. The van der Waals surface area contributed by atoms with Gasteiger partial charge in [0.05, 0.1) is 15.6 Å². The van der Waals surface area contributed by atoms with Crippen LogP contribution in [0.3, 0.4) is 0 Å². The van der Waals surface area contributed by atoms with Crippen LogP contribution in [0, 0.1) is 0 Å². The van der Waals surface area contributed by atoms with E-state index in [1.807, 2.05) is 0 Å². The summed E-state index contributed by atoms with van der Waals surface area (Å²) >= 11 is 11.4. The Hall–Kier alpha value is -1.54. The average molecular weight is 335 g/mol. The first kappa shape index (κ1) is 14.9. The van der Waals surface area contributed by atoms with Crippen LogP contribution in [0.15, 0.2) is 39.6 Å². The molecule has 1 aromatic carbocycles. The lowest BCUT2D eigenvalue weighted by Gasteiger charge is -2.07. The summed E-state index contributed by atoms with van der Waals surface area (Å²) in [7, 11) is -3.89. The summed E-state index contributed by atoms with van der Waals surface area (Å²) in [5, 5.41) is 7.62. The number of carbonyl (C=O) groups is 1. The lowest BCUT2D eigenvalue weighted by molar-refractivity contribution is 0.0996. The van der Waals surface area contributed by atoms with Crippen LogP contribution in [0.2, 0.25) is 10.2 Å². The van der Waals surface area contributed by atoms with E-state index in [9.17, 15) is 13.2 Å². The third-order valence-electron chi connectivity index (χ3n) is 2.31. The topological polar surface area (TPSA) is 102 Å². The summed E-state index contributed by atoms with van der Waals surface area (Å²) in [4.78, 5) is 11.7. The van der Waals surface area contributed by atoms with Crippen molar-refractivity contribution in [2.45, 2.75) is 4.90 Å². The third kappa shape index (κ3) is 3.31. The number of amides is 1. The van der Waals surface area contributed by atoms with Gasteiger partial charge >= 0.3 is 0 Å². The minimum Gasteiger partial charge on any atom is -0.440 e. The molecule has 3 N–H and O–H groups in total. The Morgan fingerprint density at radius 1 is 1.20 bits per heavy atom. The fraction of sp³-hybridized carbons (Fsp3) is 0. The van der Waals surface area contributed by atoms with Gasteiger partial charge in [-0.15, -0.1) is 0 Å². The molecule has 1 aromatic heterocycles. The highest BCUT2D eigenvalue weighted by Gasteiger charge is 2.15. The van der Waals surface area contributed by atoms with E-state index in [1.165, 1.54) is 24.3 Å². The molecule has 0 saturated heterocycles. The Morgan fingerprint density at radius 3 is 2.45 bits per heavy atom. The molecule has 0 radical (unpaired) electrons. The number of anilines is 1. The largest absolute Gasteiger partial charge is 0.440 e. The van der Waals surface area contributed by atoms with Crippen LogP contribution in [0.25, 0.3) is 0 Å². The van der Waals surface area contributed by atoms with Crippen LogP contribution in [0.1, 0.15) is 10.6 Å². The van der Waals surface area contributed by atoms with Crippen molar-refractivity contribution in [3.8, 4) is 0 Å². The maximum absolute atomic E-state index is 11.8. The molecule has 0 saturated carbocycles. The number of halogens is 2. The SMILES string of the molecule is NS(=O)(=O)c1ccc(Cl)c(NC(=O)c2ccc(Cl)o2)c1. The van der Waals surface area contributed by atoms with Gasteiger partial charge in [-0.1, -0.05) is 11.6 Å². The average Bonchev–Trinajstić information content (AvgIpc) is 2.77. The molecule has 6 nitrogen and oxygen atoms in total. The molecule has 0 aliphatic carbocycles. The highest BCUT2D eigenvalue weighted by molar-refractivity contribution is 7.89. The molecule has 0 atom stereocenters. The standard InChI is InChI=1S/C11H8Cl2N2O4S/c12-7-2-1-6(20(14,17)18)5-8(7)15-11(16)9-3-4-10(13)19-9/h1-5H,(H,15,16)(H2,14,17,18). The van der Waals surface area contributed by atoms with E-state index >= 15 is 0 Å².